The Balaban J connectivity index is 3.26. The lowest BCUT2D eigenvalue weighted by molar-refractivity contribution is -0.482. The maximum absolute atomic E-state index is 10.7. The lowest BCUT2D eigenvalue weighted by Crippen LogP contribution is -2.32. The lowest BCUT2D eigenvalue weighted by Gasteiger charge is -2.19. The van der Waals surface area contributed by atoms with Crippen LogP contribution in [0.15, 0.2) is 17.1 Å². The number of halogens is 3. The fraction of sp³-hybridized carbons (Fsp3) is 0.462. The van der Waals surface area contributed by atoms with Gasteiger partial charge in [-0.05, 0) is 38.0 Å². The second kappa shape index (κ2) is 6.81. The van der Waals surface area contributed by atoms with E-state index in [1.165, 1.54) is 0 Å². The van der Waals surface area contributed by atoms with Crippen molar-refractivity contribution < 1.29 is 10.0 Å². The first-order valence-electron chi connectivity index (χ1n) is 6.06. The van der Waals surface area contributed by atoms with Crippen molar-refractivity contribution in [1.82, 2.24) is 0 Å². The molecule has 0 saturated carbocycles. The molecule has 0 aliphatic carbocycles. The van der Waals surface area contributed by atoms with Crippen molar-refractivity contribution in [1.29, 1.82) is 0 Å². The van der Waals surface area contributed by atoms with Crippen LogP contribution in [0, 0.1) is 24.0 Å². The van der Waals surface area contributed by atoms with Gasteiger partial charge in [0.25, 0.3) is 0 Å². The second-order valence-corrected chi connectivity index (χ2v) is 7.13. The summed E-state index contributed by atoms with van der Waals surface area (Å²) in [5.41, 5.74) is 2.55. The monoisotopic (exact) mass is 352 g/mol. The molecule has 1 N–H and O–H groups in total. The minimum atomic E-state index is -1.90. The number of benzene rings is 1. The molecule has 0 spiro atoms. The molecule has 1 atom stereocenters. The zero-order valence-electron chi connectivity index (χ0n) is 11.7. The van der Waals surface area contributed by atoms with Gasteiger partial charge >= 0.3 is 0 Å². The van der Waals surface area contributed by atoms with Gasteiger partial charge < -0.3 is 5.11 Å². The van der Waals surface area contributed by atoms with Crippen LogP contribution in [0.3, 0.4) is 0 Å². The number of hydrogen-bond donors (Lipinski definition) is 1. The third-order valence-corrected chi connectivity index (χ3v) is 3.63. The van der Waals surface area contributed by atoms with E-state index in [4.69, 9.17) is 34.8 Å². The lowest BCUT2D eigenvalue weighted by atomic mass is 10.0. The van der Waals surface area contributed by atoms with Gasteiger partial charge in [-0.1, -0.05) is 40.9 Å². The predicted octanol–water partition coefficient (Wildman–Crippen LogP) is 3.83. The molecule has 116 valence electrons. The molecule has 0 saturated heterocycles. The Morgan fingerprint density at radius 2 is 2.00 bits per heavy atom. The number of aliphatic imine (C=N–C) groups is 1. The molecular weight excluding hydrogens is 339 g/mol. The molecule has 0 bridgehead atoms. The molecule has 0 aliphatic heterocycles. The van der Waals surface area contributed by atoms with E-state index in [1.807, 2.05) is 13.0 Å². The van der Waals surface area contributed by atoms with Crippen molar-refractivity contribution in [2.75, 3.05) is 6.54 Å². The number of phenolic OH excluding ortho intramolecular Hbond substituents is 1. The number of phenols is 1. The molecule has 0 amide bonds. The zero-order chi connectivity index (χ0) is 16.4. The summed E-state index contributed by atoms with van der Waals surface area (Å²) in [6.07, 6.45) is 0. The number of alkyl halides is 3. The Morgan fingerprint density at radius 1 is 1.43 bits per heavy atom. The van der Waals surface area contributed by atoms with Gasteiger partial charge in [0.1, 0.15) is 5.75 Å². The Labute approximate surface area is 137 Å². The van der Waals surface area contributed by atoms with Gasteiger partial charge in [-0.2, -0.15) is 0 Å². The molecule has 1 rings (SSSR count). The van der Waals surface area contributed by atoms with Crippen LogP contribution in [0.1, 0.15) is 23.6 Å². The molecule has 0 aromatic heterocycles. The van der Waals surface area contributed by atoms with E-state index in [-0.39, 0.29) is 5.75 Å². The zero-order valence-corrected chi connectivity index (χ0v) is 14.0. The molecule has 1 aromatic carbocycles. The predicted molar refractivity (Wildman–Crippen MR) is 85.7 cm³/mol. The van der Waals surface area contributed by atoms with E-state index < -0.39 is 21.3 Å². The molecule has 0 radical (unpaired) electrons. The summed E-state index contributed by atoms with van der Waals surface area (Å²) in [6.45, 7) is 4.65. The van der Waals surface area contributed by atoms with Crippen molar-refractivity contribution in [3.8, 4) is 5.75 Å². The average Bonchev–Trinajstić information content (AvgIpc) is 2.24. The number of nitro groups is 1. The van der Waals surface area contributed by atoms with Crippen LogP contribution in [0.2, 0.25) is 0 Å². The van der Waals surface area contributed by atoms with Crippen molar-refractivity contribution in [3.63, 3.8) is 0 Å². The van der Waals surface area contributed by atoms with Gasteiger partial charge in [0.2, 0.25) is 10.3 Å². The summed E-state index contributed by atoms with van der Waals surface area (Å²) in [7, 11) is 0. The summed E-state index contributed by atoms with van der Waals surface area (Å²) in [6, 6.07) is 2.31. The minimum Gasteiger partial charge on any atom is -0.507 e. The van der Waals surface area contributed by atoms with Crippen LogP contribution in [0.25, 0.3) is 0 Å². The topological polar surface area (TPSA) is 75.7 Å². The first-order valence-corrected chi connectivity index (χ1v) is 7.19. The standard InChI is InChI=1S/C13H15Cl3N2O3/c1-7-4-8(2)12(10(19)5-7)9(3)17-11(6-18(20)21)13(14,15)16/h4-5,11,19H,6H2,1-3H3. The van der Waals surface area contributed by atoms with Crippen LogP contribution in [-0.4, -0.2) is 32.1 Å². The average molecular weight is 354 g/mol. The van der Waals surface area contributed by atoms with Crippen LogP contribution in [-0.2, 0) is 0 Å². The quantitative estimate of drug-likeness (QED) is 0.387. The van der Waals surface area contributed by atoms with Crippen molar-refractivity contribution >= 4 is 40.5 Å². The van der Waals surface area contributed by atoms with Gasteiger partial charge in [-0.25, -0.2) is 0 Å². The number of rotatable bonds is 4. The summed E-state index contributed by atoms with van der Waals surface area (Å²) < 4.78 is -1.90. The van der Waals surface area contributed by atoms with E-state index in [9.17, 15) is 15.2 Å². The summed E-state index contributed by atoms with van der Waals surface area (Å²) >= 11 is 17.2. The van der Waals surface area contributed by atoms with Crippen molar-refractivity contribution in [2.24, 2.45) is 4.99 Å². The van der Waals surface area contributed by atoms with Crippen LogP contribution < -0.4 is 0 Å². The minimum absolute atomic E-state index is 0.0397. The molecule has 1 aromatic rings. The van der Waals surface area contributed by atoms with E-state index in [0.717, 1.165) is 11.1 Å². The van der Waals surface area contributed by atoms with E-state index in [2.05, 4.69) is 4.99 Å². The third kappa shape index (κ3) is 5.02. The Hall–Kier alpha value is -1.04. The maximum atomic E-state index is 10.7. The highest BCUT2D eigenvalue weighted by Crippen LogP contribution is 2.33. The normalized spacial score (nSPS) is 14.1. The SMILES string of the molecule is CC(=NC(C[N+](=O)[O-])C(Cl)(Cl)Cl)c1c(C)cc(C)cc1O. The number of hydrogen-bond acceptors (Lipinski definition) is 4. The summed E-state index contributed by atoms with van der Waals surface area (Å²) in [4.78, 5) is 14.2. The Bertz CT molecular complexity index is 560. The van der Waals surface area contributed by atoms with Gasteiger partial charge in [-0.15, -0.1) is 0 Å². The fourth-order valence-electron chi connectivity index (χ4n) is 2.07. The highest BCUT2D eigenvalue weighted by atomic mass is 35.6. The molecule has 21 heavy (non-hydrogen) atoms. The fourth-order valence-corrected chi connectivity index (χ4v) is 2.43. The number of aryl methyl sites for hydroxylation is 2. The highest BCUT2D eigenvalue weighted by Gasteiger charge is 2.36. The molecule has 0 aliphatic rings. The van der Waals surface area contributed by atoms with E-state index in [0.29, 0.717) is 11.3 Å². The van der Waals surface area contributed by atoms with E-state index in [1.54, 1.807) is 19.9 Å². The smallest absolute Gasteiger partial charge is 0.230 e. The van der Waals surface area contributed by atoms with Gasteiger partial charge in [0.15, 0.2) is 6.04 Å². The number of aromatic hydroxyl groups is 1. The first-order chi connectivity index (χ1) is 9.52. The number of nitrogens with zero attached hydrogens (tertiary/aromatic N) is 2. The first kappa shape index (κ1) is 18.0. The summed E-state index contributed by atoms with van der Waals surface area (Å²) in [5.74, 6) is 0.0397. The van der Waals surface area contributed by atoms with Crippen LogP contribution >= 0.6 is 34.8 Å². The third-order valence-electron chi connectivity index (χ3n) is 2.87. The maximum Gasteiger partial charge on any atom is 0.230 e. The van der Waals surface area contributed by atoms with Crippen LogP contribution in [0.4, 0.5) is 0 Å². The molecule has 5 nitrogen and oxygen atoms in total. The molecular formula is C13H15Cl3N2O3. The highest BCUT2D eigenvalue weighted by molar-refractivity contribution is 6.68. The largest absolute Gasteiger partial charge is 0.507 e. The summed E-state index contributed by atoms with van der Waals surface area (Å²) in [5, 5.41) is 20.7. The molecule has 0 heterocycles. The molecule has 0 fully saturated rings. The van der Waals surface area contributed by atoms with Gasteiger partial charge in [0, 0.05) is 16.2 Å². The molecule has 8 heteroatoms. The Morgan fingerprint density at radius 3 is 2.43 bits per heavy atom. The molecule has 1 unspecified atom stereocenters. The van der Waals surface area contributed by atoms with Crippen molar-refractivity contribution in [3.05, 3.63) is 38.9 Å². The Kier molecular flexibility index (Phi) is 5.84. The van der Waals surface area contributed by atoms with Crippen LogP contribution in [0.5, 0.6) is 5.75 Å². The van der Waals surface area contributed by atoms with Crippen molar-refractivity contribution in [2.45, 2.75) is 30.6 Å². The van der Waals surface area contributed by atoms with Gasteiger partial charge in [0.05, 0.1) is 0 Å². The van der Waals surface area contributed by atoms with E-state index >= 15 is 0 Å². The second-order valence-electron chi connectivity index (χ2n) is 4.76. The van der Waals surface area contributed by atoms with Gasteiger partial charge in [-0.3, -0.25) is 15.1 Å².